The minimum Gasteiger partial charge on any atom is -0.406 e. The van der Waals surface area contributed by atoms with Gasteiger partial charge in [-0.05, 0) is 37.3 Å². The Balaban J connectivity index is 1.62. The Hall–Kier alpha value is -2.81. The third-order valence-electron chi connectivity index (χ3n) is 3.39. The van der Waals surface area contributed by atoms with Crippen molar-refractivity contribution in [3.05, 3.63) is 54.4 Å². The summed E-state index contributed by atoms with van der Waals surface area (Å²) in [6.45, 7) is 1.78. The maximum Gasteiger partial charge on any atom is 0.573 e. The van der Waals surface area contributed by atoms with Gasteiger partial charge < -0.3 is 10.1 Å². The predicted molar refractivity (Wildman–Crippen MR) is 96.8 cm³/mol. The van der Waals surface area contributed by atoms with Crippen molar-refractivity contribution in [3.8, 4) is 5.75 Å². The fraction of sp³-hybridized carbons (Fsp3) is 0.167. The molecular weight excluding hydrogens is 379 g/mol. The number of nitrogens with one attached hydrogen (secondary N) is 1. The molecule has 0 aliphatic heterocycles. The highest BCUT2D eigenvalue weighted by Gasteiger charge is 2.30. The molecule has 27 heavy (non-hydrogen) atoms. The van der Waals surface area contributed by atoms with E-state index in [-0.39, 0.29) is 17.4 Å². The van der Waals surface area contributed by atoms with Gasteiger partial charge in [0.05, 0.1) is 11.3 Å². The molecule has 0 fully saturated rings. The third-order valence-corrected chi connectivity index (χ3v) is 4.38. The maximum atomic E-state index is 12.1. The van der Waals surface area contributed by atoms with E-state index in [4.69, 9.17) is 0 Å². The standard InChI is InChI=1S/C18H14F3N3O2S/c1-11-22-15-5-3-2-4-14(15)17(23-11)27-10-16(25)24-12-6-8-13(9-7-12)26-18(19,20)21/h2-9H,10H2,1H3,(H,24,25). The molecule has 0 radical (unpaired) electrons. The van der Waals surface area contributed by atoms with Crippen LogP contribution in [0.15, 0.2) is 53.6 Å². The molecule has 0 aliphatic rings. The molecule has 140 valence electrons. The molecule has 1 aromatic heterocycles. The molecule has 3 aromatic rings. The molecule has 0 bridgehead atoms. The Morgan fingerprint density at radius 3 is 2.52 bits per heavy atom. The van der Waals surface area contributed by atoms with E-state index in [9.17, 15) is 18.0 Å². The van der Waals surface area contributed by atoms with Gasteiger partial charge in [-0.3, -0.25) is 4.79 Å². The van der Waals surface area contributed by atoms with Crippen LogP contribution in [0.5, 0.6) is 5.75 Å². The van der Waals surface area contributed by atoms with E-state index in [0.29, 0.717) is 16.5 Å². The van der Waals surface area contributed by atoms with Crippen molar-refractivity contribution in [3.63, 3.8) is 0 Å². The summed E-state index contributed by atoms with van der Waals surface area (Å²) >= 11 is 1.27. The van der Waals surface area contributed by atoms with Gasteiger partial charge in [-0.2, -0.15) is 0 Å². The normalized spacial score (nSPS) is 11.4. The number of benzene rings is 2. The van der Waals surface area contributed by atoms with Crippen LogP contribution < -0.4 is 10.1 Å². The number of carbonyl (C=O) groups is 1. The lowest BCUT2D eigenvalue weighted by Gasteiger charge is -2.10. The van der Waals surface area contributed by atoms with Gasteiger partial charge >= 0.3 is 6.36 Å². The number of aryl methyl sites for hydroxylation is 1. The molecule has 0 spiro atoms. The number of carbonyl (C=O) groups excluding carboxylic acids is 1. The highest BCUT2D eigenvalue weighted by molar-refractivity contribution is 8.00. The average molecular weight is 393 g/mol. The quantitative estimate of drug-likeness (QED) is 0.508. The first-order chi connectivity index (χ1) is 12.8. The molecule has 0 saturated carbocycles. The number of hydrogen-bond acceptors (Lipinski definition) is 5. The number of amides is 1. The molecule has 9 heteroatoms. The number of thioether (sulfide) groups is 1. The minimum absolute atomic E-state index is 0.0985. The first-order valence-electron chi connectivity index (χ1n) is 7.82. The molecule has 1 amide bonds. The number of halogens is 3. The van der Waals surface area contributed by atoms with E-state index in [0.717, 1.165) is 23.0 Å². The highest BCUT2D eigenvalue weighted by atomic mass is 32.2. The Labute approximate surface area is 157 Å². The molecular formula is C18H14F3N3O2S. The van der Waals surface area contributed by atoms with E-state index in [1.165, 1.54) is 23.9 Å². The van der Waals surface area contributed by atoms with Crippen LogP contribution in [-0.4, -0.2) is 28.0 Å². The molecule has 0 aliphatic carbocycles. The summed E-state index contributed by atoms with van der Waals surface area (Å²) < 4.78 is 40.2. The lowest BCUT2D eigenvalue weighted by atomic mass is 10.2. The minimum atomic E-state index is -4.75. The second kappa shape index (κ2) is 7.83. The first kappa shape index (κ1) is 19.0. The molecule has 0 unspecified atom stereocenters. The van der Waals surface area contributed by atoms with Crippen molar-refractivity contribution in [1.29, 1.82) is 0 Å². The van der Waals surface area contributed by atoms with Gasteiger partial charge in [0.15, 0.2) is 0 Å². The van der Waals surface area contributed by atoms with Crippen molar-refractivity contribution in [2.45, 2.75) is 18.3 Å². The van der Waals surface area contributed by atoms with Gasteiger partial charge in [0, 0.05) is 11.1 Å². The smallest absolute Gasteiger partial charge is 0.406 e. The Bertz CT molecular complexity index is 962. The lowest BCUT2D eigenvalue weighted by molar-refractivity contribution is -0.274. The van der Waals surface area contributed by atoms with Crippen LogP contribution in [0.1, 0.15) is 5.82 Å². The first-order valence-corrected chi connectivity index (χ1v) is 8.80. The number of ether oxygens (including phenoxy) is 1. The fourth-order valence-electron chi connectivity index (χ4n) is 2.34. The van der Waals surface area contributed by atoms with Crippen LogP contribution in [0.3, 0.4) is 0 Å². The number of rotatable bonds is 5. The number of nitrogens with zero attached hydrogens (tertiary/aromatic N) is 2. The SMILES string of the molecule is Cc1nc(SCC(=O)Nc2ccc(OC(F)(F)F)cc2)c2ccccc2n1. The van der Waals surface area contributed by atoms with Gasteiger partial charge in [0.25, 0.3) is 0 Å². The zero-order valence-corrected chi connectivity index (χ0v) is 14.9. The molecule has 1 N–H and O–H groups in total. The number of anilines is 1. The number of aromatic nitrogens is 2. The van der Waals surface area contributed by atoms with Crippen molar-refractivity contribution in [2.24, 2.45) is 0 Å². The van der Waals surface area contributed by atoms with Crippen molar-refractivity contribution in [2.75, 3.05) is 11.1 Å². The summed E-state index contributed by atoms with van der Waals surface area (Å²) in [5.74, 6) is 0.0563. The Morgan fingerprint density at radius 2 is 1.81 bits per heavy atom. The summed E-state index contributed by atoms with van der Waals surface area (Å²) in [6, 6.07) is 12.5. The van der Waals surface area contributed by atoms with Crippen LogP contribution in [0.25, 0.3) is 10.9 Å². The zero-order valence-electron chi connectivity index (χ0n) is 14.1. The van der Waals surface area contributed by atoms with Gasteiger partial charge in [-0.1, -0.05) is 30.0 Å². The van der Waals surface area contributed by atoms with Crippen molar-refractivity contribution in [1.82, 2.24) is 9.97 Å². The number of fused-ring (bicyclic) bond motifs is 1. The van der Waals surface area contributed by atoms with Gasteiger partial charge in [0.2, 0.25) is 5.91 Å². The summed E-state index contributed by atoms with van der Waals surface area (Å²) in [7, 11) is 0. The lowest BCUT2D eigenvalue weighted by Crippen LogP contribution is -2.17. The molecule has 0 atom stereocenters. The van der Waals surface area contributed by atoms with E-state index in [2.05, 4.69) is 20.0 Å². The number of alkyl halides is 3. The van der Waals surface area contributed by atoms with Crippen LogP contribution in [0.2, 0.25) is 0 Å². The van der Waals surface area contributed by atoms with Crippen LogP contribution in [-0.2, 0) is 4.79 Å². The van der Waals surface area contributed by atoms with Crippen molar-refractivity contribution >= 4 is 34.3 Å². The van der Waals surface area contributed by atoms with E-state index < -0.39 is 6.36 Å². The van der Waals surface area contributed by atoms with Crippen LogP contribution in [0, 0.1) is 6.92 Å². The van der Waals surface area contributed by atoms with Gasteiger partial charge in [-0.15, -0.1) is 13.2 Å². The molecule has 1 heterocycles. The maximum absolute atomic E-state index is 12.1. The average Bonchev–Trinajstić information content (AvgIpc) is 2.60. The topological polar surface area (TPSA) is 64.1 Å². The second-order valence-corrected chi connectivity index (χ2v) is 6.47. The van der Waals surface area contributed by atoms with Gasteiger partial charge in [0.1, 0.15) is 16.6 Å². The van der Waals surface area contributed by atoms with Gasteiger partial charge in [-0.25, -0.2) is 9.97 Å². The Kier molecular flexibility index (Phi) is 5.50. The second-order valence-electron chi connectivity index (χ2n) is 5.50. The van der Waals surface area contributed by atoms with E-state index in [1.54, 1.807) is 6.92 Å². The van der Waals surface area contributed by atoms with E-state index >= 15 is 0 Å². The molecule has 5 nitrogen and oxygen atoms in total. The largest absolute Gasteiger partial charge is 0.573 e. The molecule has 3 rings (SSSR count). The summed E-state index contributed by atoms with van der Waals surface area (Å²) in [6.07, 6.45) is -4.75. The predicted octanol–water partition coefficient (Wildman–Crippen LogP) is 4.57. The summed E-state index contributed by atoms with van der Waals surface area (Å²) in [5.41, 5.74) is 1.17. The number of para-hydroxylation sites is 1. The highest BCUT2D eigenvalue weighted by Crippen LogP contribution is 2.26. The van der Waals surface area contributed by atoms with Crippen LogP contribution in [0.4, 0.5) is 18.9 Å². The Morgan fingerprint density at radius 1 is 1.11 bits per heavy atom. The molecule has 0 saturated heterocycles. The zero-order chi connectivity index (χ0) is 19.4. The fourth-order valence-corrected chi connectivity index (χ4v) is 3.20. The summed E-state index contributed by atoms with van der Waals surface area (Å²) in [4.78, 5) is 20.9. The summed E-state index contributed by atoms with van der Waals surface area (Å²) in [5, 5.41) is 4.18. The number of hydrogen-bond donors (Lipinski definition) is 1. The molecule has 2 aromatic carbocycles. The van der Waals surface area contributed by atoms with Crippen LogP contribution >= 0.6 is 11.8 Å². The monoisotopic (exact) mass is 393 g/mol. The third kappa shape index (κ3) is 5.33. The van der Waals surface area contributed by atoms with E-state index in [1.807, 2.05) is 24.3 Å². The van der Waals surface area contributed by atoms with Crippen molar-refractivity contribution < 1.29 is 22.7 Å².